The molecule has 90 valence electrons. The number of ether oxygens (including phenoxy) is 1. The van der Waals surface area contributed by atoms with E-state index in [4.69, 9.17) is 4.84 Å². The fourth-order valence-corrected chi connectivity index (χ4v) is 1.41. The van der Waals surface area contributed by atoms with E-state index in [0.717, 1.165) is 0 Å². The molecule has 6 nitrogen and oxygen atoms in total. The van der Waals surface area contributed by atoms with Crippen LogP contribution in [0.25, 0.3) is 0 Å². The Morgan fingerprint density at radius 3 is 2.27 bits per heavy atom. The van der Waals surface area contributed by atoms with Gasteiger partial charge in [-0.3, -0.25) is 9.63 Å². The Balaban J connectivity index is 4.15. The Hall–Kier alpha value is -0.660. The molecule has 0 aliphatic rings. The van der Waals surface area contributed by atoms with Crippen molar-refractivity contribution in [3.63, 3.8) is 0 Å². The fraction of sp³-hybridized carbons (Fsp3) is 0.875. The van der Waals surface area contributed by atoms with E-state index in [1.165, 1.54) is 0 Å². The van der Waals surface area contributed by atoms with Gasteiger partial charge in [-0.05, 0) is 27.7 Å². The number of carbonyl (C=O) groups excluding carboxylic acids is 1. The molecule has 0 bridgehead atoms. The highest BCUT2D eigenvalue weighted by Crippen LogP contribution is 2.04. The highest BCUT2D eigenvalue weighted by atomic mass is 32.2. The Labute approximate surface area is 89.9 Å². The lowest BCUT2D eigenvalue weighted by atomic mass is 10.2. The second-order valence-corrected chi connectivity index (χ2v) is 5.55. The van der Waals surface area contributed by atoms with Gasteiger partial charge in [-0.1, -0.05) is 4.89 Å². The zero-order chi connectivity index (χ0) is 12.1. The number of hydrogen-bond donors (Lipinski definition) is 1. The van der Waals surface area contributed by atoms with Crippen molar-refractivity contribution in [2.24, 2.45) is 0 Å². The Kier molecular flexibility index (Phi) is 5.19. The van der Waals surface area contributed by atoms with Crippen LogP contribution in [-0.2, 0) is 24.4 Å². The predicted octanol–water partition coefficient (Wildman–Crippen LogP) is 0.199. The van der Waals surface area contributed by atoms with Gasteiger partial charge >= 0.3 is 5.97 Å². The second-order valence-electron chi connectivity index (χ2n) is 3.86. The first-order valence-electron chi connectivity index (χ1n) is 4.49. The van der Waals surface area contributed by atoms with Gasteiger partial charge in [0.15, 0.2) is 5.75 Å². The van der Waals surface area contributed by atoms with E-state index in [9.17, 15) is 13.2 Å². The van der Waals surface area contributed by atoms with Crippen LogP contribution in [0.5, 0.6) is 0 Å². The highest BCUT2D eigenvalue weighted by molar-refractivity contribution is 7.90. The quantitative estimate of drug-likeness (QED) is 0.547. The molecule has 0 aliphatic carbocycles. The molecule has 0 rings (SSSR count). The van der Waals surface area contributed by atoms with E-state index >= 15 is 0 Å². The van der Waals surface area contributed by atoms with E-state index in [-0.39, 0.29) is 6.61 Å². The lowest BCUT2D eigenvalue weighted by Gasteiger charge is -2.18. The first kappa shape index (κ1) is 14.3. The van der Waals surface area contributed by atoms with Crippen LogP contribution in [-0.4, -0.2) is 32.3 Å². The number of nitrogens with one attached hydrogen (secondary N) is 1. The van der Waals surface area contributed by atoms with Crippen molar-refractivity contribution in [3.05, 3.63) is 0 Å². The molecule has 0 atom stereocenters. The minimum Gasteiger partial charge on any atom is -0.465 e. The first-order valence-corrected chi connectivity index (χ1v) is 6.14. The summed E-state index contributed by atoms with van der Waals surface area (Å²) >= 11 is 0. The van der Waals surface area contributed by atoms with Crippen LogP contribution in [0.1, 0.15) is 27.7 Å². The van der Waals surface area contributed by atoms with Gasteiger partial charge in [0.05, 0.1) is 12.2 Å². The van der Waals surface area contributed by atoms with Crippen molar-refractivity contribution in [1.29, 1.82) is 0 Å². The van der Waals surface area contributed by atoms with E-state index in [1.807, 2.05) is 4.89 Å². The number of sulfonamides is 1. The van der Waals surface area contributed by atoms with Crippen molar-refractivity contribution in [2.45, 2.75) is 33.3 Å². The Bertz CT molecular complexity index is 303. The minimum atomic E-state index is -3.78. The summed E-state index contributed by atoms with van der Waals surface area (Å²) in [4.78, 5) is 17.6. The molecule has 0 saturated carbocycles. The van der Waals surface area contributed by atoms with Gasteiger partial charge in [0, 0.05) is 0 Å². The van der Waals surface area contributed by atoms with Crippen LogP contribution in [0, 0.1) is 0 Å². The zero-order valence-corrected chi connectivity index (χ0v) is 10.2. The van der Waals surface area contributed by atoms with Gasteiger partial charge in [-0.25, -0.2) is 8.42 Å². The third-order valence-corrected chi connectivity index (χ3v) is 2.04. The van der Waals surface area contributed by atoms with Crippen molar-refractivity contribution >= 4 is 16.0 Å². The molecule has 1 N–H and O–H groups in total. The van der Waals surface area contributed by atoms with Crippen LogP contribution in [0.3, 0.4) is 0 Å². The molecule has 0 fully saturated rings. The maximum atomic E-state index is 11.2. The average molecular weight is 239 g/mol. The summed E-state index contributed by atoms with van der Waals surface area (Å²) in [6.07, 6.45) is 0. The molecular weight excluding hydrogens is 222 g/mol. The van der Waals surface area contributed by atoms with Crippen molar-refractivity contribution in [2.75, 3.05) is 12.4 Å². The van der Waals surface area contributed by atoms with Crippen LogP contribution in [0.2, 0.25) is 0 Å². The topological polar surface area (TPSA) is 81.7 Å². The zero-order valence-electron chi connectivity index (χ0n) is 9.36. The van der Waals surface area contributed by atoms with Gasteiger partial charge in [-0.2, -0.15) is 0 Å². The molecular formula is C8H17NO5S. The van der Waals surface area contributed by atoms with E-state index in [0.29, 0.717) is 0 Å². The standard InChI is InChI=1S/C8H17NO5S/c1-5-13-7(10)6-15(11,12)9-14-8(2,3)4/h9H,5-6H2,1-4H3. The van der Waals surface area contributed by atoms with Crippen molar-refractivity contribution in [3.8, 4) is 0 Å². The van der Waals surface area contributed by atoms with Crippen LogP contribution in [0.15, 0.2) is 0 Å². The summed E-state index contributed by atoms with van der Waals surface area (Å²) in [6.45, 7) is 6.79. The first-order chi connectivity index (χ1) is 6.66. The summed E-state index contributed by atoms with van der Waals surface area (Å²) in [5.74, 6) is -1.54. The molecule has 7 heteroatoms. The molecule has 0 unspecified atom stereocenters. The fourth-order valence-electron chi connectivity index (χ4n) is 0.576. The highest BCUT2D eigenvalue weighted by Gasteiger charge is 2.20. The maximum Gasteiger partial charge on any atom is 0.322 e. The molecule has 0 radical (unpaired) electrons. The molecule has 15 heavy (non-hydrogen) atoms. The van der Waals surface area contributed by atoms with Gasteiger partial charge < -0.3 is 4.74 Å². The summed E-state index contributed by atoms with van der Waals surface area (Å²) in [6, 6.07) is 0. The summed E-state index contributed by atoms with van der Waals surface area (Å²) < 4.78 is 26.9. The monoisotopic (exact) mass is 239 g/mol. The van der Waals surface area contributed by atoms with Gasteiger partial charge in [0.1, 0.15) is 0 Å². The van der Waals surface area contributed by atoms with Crippen molar-refractivity contribution in [1.82, 2.24) is 4.89 Å². The lowest BCUT2D eigenvalue weighted by molar-refractivity contribution is -0.140. The number of hydrogen-bond acceptors (Lipinski definition) is 5. The molecule has 0 aromatic rings. The molecule has 0 aromatic heterocycles. The summed E-state index contributed by atoms with van der Waals surface area (Å²) in [5, 5.41) is 0. The average Bonchev–Trinajstić information content (AvgIpc) is 1.99. The number of esters is 1. The lowest BCUT2D eigenvalue weighted by Crippen LogP contribution is -2.37. The summed E-state index contributed by atoms with van der Waals surface area (Å²) in [7, 11) is -3.78. The SMILES string of the molecule is CCOC(=O)CS(=O)(=O)NOC(C)(C)C. The van der Waals surface area contributed by atoms with E-state index in [2.05, 4.69) is 4.74 Å². The molecule has 0 aliphatic heterocycles. The Morgan fingerprint density at radius 2 is 1.87 bits per heavy atom. The molecule has 0 saturated heterocycles. The molecule has 0 aromatic carbocycles. The summed E-state index contributed by atoms with van der Waals surface area (Å²) in [5.41, 5.74) is -0.651. The third-order valence-electron chi connectivity index (χ3n) is 1.09. The third kappa shape index (κ3) is 8.34. The van der Waals surface area contributed by atoms with Crippen LogP contribution < -0.4 is 4.89 Å². The molecule has 0 heterocycles. The molecule has 0 spiro atoms. The van der Waals surface area contributed by atoms with Crippen LogP contribution >= 0.6 is 0 Å². The van der Waals surface area contributed by atoms with Gasteiger partial charge in [-0.15, -0.1) is 0 Å². The number of carbonyl (C=O) groups is 1. The second kappa shape index (κ2) is 5.43. The molecule has 0 amide bonds. The normalized spacial score (nSPS) is 12.5. The number of rotatable bonds is 5. The minimum absolute atomic E-state index is 0.147. The Morgan fingerprint density at radius 1 is 1.33 bits per heavy atom. The maximum absolute atomic E-state index is 11.2. The van der Waals surface area contributed by atoms with E-state index in [1.54, 1.807) is 27.7 Å². The predicted molar refractivity (Wildman–Crippen MR) is 54.4 cm³/mol. The van der Waals surface area contributed by atoms with Crippen molar-refractivity contribution < 1.29 is 22.8 Å². The van der Waals surface area contributed by atoms with E-state index < -0.39 is 27.3 Å². The van der Waals surface area contributed by atoms with Gasteiger partial charge in [0.2, 0.25) is 10.0 Å². The van der Waals surface area contributed by atoms with Crippen LogP contribution in [0.4, 0.5) is 0 Å². The largest absolute Gasteiger partial charge is 0.465 e. The smallest absolute Gasteiger partial charge is 0.322 e. The van der Waals surface area contributed by atoms with Gasteiger partial charge in [0.25, 0.3) is 0 Å².